The van der Waals surface area contributed by atoms with E-state index in [9.17, 15) is 4.79 Å². The molecule has 1 heterocycles. The van der Waals surface area contributed by atoms with E-state index >= 15 is 0 Å². The lowest BCUT2D eigenvalue weighted by Gasteiger charge is -2.08. The van der Waals surface area contributed by atoms with Gasteiger partial charge in [-0.25, -0.2) is 0 Å². The molecule has 5 heteroatoms. The van der Waals surface area contributed by atoms with Crippen LogP contribution in [0, 0.1) is 6.92 Å². The highest BCUT2D eigenvalue weighted by atomic mass is 16.5. The minimum Gasteiger partial charge on any atom is -0.438 e. The van der Waals surface area contributed by atoms with Gasteiger partial charge < -0.3 is 10.1 Å². The molecule has 0 saturated heterocycles. The van der Waals surface area contributed by atoms with Crippen molar-refractivity contribution in [3.05, 3.63) is 83.6 Å². The van der Waals surface area contributed by atoms with Gasteiger partial charge in [-0.2, -0.15) is 5.10 Å². The molecular formula is C19H17N3O2. The maximum Gasteiger partial charge on any atom is 0.251 e. The van der Waals surface area contributed by atoms with Crippen molar-refractivity contribution in [2.75, 3.05) is 0 Å². The first-order chi connectivity index (χ1) is 11.7. The highest BCUT2D eigenvalue weighted by molar-refractivity contribution is 5.94. The van der Waals surface area contributed by atoms with Crippen LogP contribution in [0.15, 0.2) is 66.7 Å². The molecule has 0 saturated carbocycles. The van der Waals surface area contributed by atoms with E-state index in [0.717, 1.165) is 11.3 Å². The van der Waals surface area contributed by atoms with Gasteiger partial charge in [0.25, 0.3) is 5.91 Å². The second kappa shape index (κ2) is 7.37. The normalized spacial score (nSPS) is 10.2. The van der Waals surface area contributed by atoms with Crippen LogP contribution >= 0.6 is 0 Å². The first-order valence-electron chi connectivity index (χ1n) is 7.61. The summed E-state index contributed by atoms with van der Waals surface area (Å²) in [7, 11) is 0. The van der Waals surface area contributed by atoms with Crippen molar-refractivity contribution in [3.8, 4) is 11.6 Å². The molecule has 0 bridgehead atoms. The smallest absolute Gasteiger partial charge is 0.251 e. The molecule has 120 valence electrons. The third-order valence-electron chi connectivity index (χ3n) is 3.39. The summed E-state index contributed by atoms with van der Waals surface area (Å²) in [6.45, 7) is 2.34. The molecule has 0 aliphatic rings. The zero-order chi connectivity index (χ0) is 16.8. The van der Waals surface area contributed by atoms with E-state index in [-0.39, 0.29) is 5.91 Å². The van der Waals surface area contributed by atoms with Gasteiger partial charge in [0.1, 0.15) is 5.75 Å². The summed E-state index contributed by atoms with van der Waals surface area (Å²) in [6, 6.07) is 20.3. The molecule has 0 spiro atoms. The lowest BCUT2D eigenvalue weighted by molar-refractivity contribution is 0.0950. The topological polar surface area (TPSA) is 64.1 Å². The Morgan fingerprint density at radius 1 is 1.00 bits per heavy atom. The van der Waals surface area contributed by atoms with E-state index < -0.39 is 0 Å². The van der Waals surface area contributed by atoms with Crippen molar-refractivity contribution < 1.29 is 9.53 Å². The molecule has 2 aromatic carbocycles. The van der Waals surface area contributed by atoms with Gasteiger partial charge in [-0.1, -0.05) is 36.4 Å². The van der Waals surface area contributed by atoms with Gasteiger partial charge in [-0.3, -0.25) is 4.79 Å². The highest BCUT2D eigenvalue weighted by Crippen LogP contribution is 2.20. The molecule has 5 nitrogen and oxygen atoms in total. The maximum absolute atomic E-state index is 12.3. The largest absolute Gasteiger partial charge is 0.438 e. The molecule has 3 aromatic rings. The summed E-state index contributed by atoms with van der Waals surface area (Å²) >= 11 is 0. The molecule has 1 aromatic heterocycles. The van der Waals surface area contributed by atoms with Crippen molar-refractivity contribution in [1.29, 1.82) is 0 Å². The lowest BCUT2D eigenvalue weighted by Crippen LogP contribution is -2.22. The number of hydrogen-bond acceptors (Lipinski definition) is 4. The Bertz CT molecular complexity index is 818. The molecule has 0 aliphatic carbocycles. The number of nitrogens with one attached hydrogen (secondary N) is 1. The molecule has 0 aliphatic heterocycles. The van der Waals surface area contributed by atoms with Crippen LogP contribution in [-0.4, -0.2) is 16.1 Å². The van der Waals surface area contributed by atoms with Gasteiger partial charge in [-0.05, 0) is 36.8 Å². The van der Waals surface area contributed by atoms with Crippen molar-refractivity contribution in [2.45, 2.75) is 13.5 Å². The average molecular weight is 319 g/mol. The zero-order valence-corrected chi connectivity index (χ0v) is 13.3. The maximum atomic E-state index is 12.3. The van der Waals surface area contributed by atoms with Gasteiger partial charge in [0, 0.05) is 18.2 Å². The van der Waals surface area contributed by atoms with E-state index in [4.69, 9.17) is 4.74 Å². The van der Waals surface area contributed by atoms with Gasteiger partial charge in [-0.15, -0.1) is 5.10 Å². The monoisotopic (exact) mass is 319 g/mol. The lowest BCUT2D eigenvalue weighted by atomic mass is 10.2. The standard InChI is InChI=1S/C19H17N3O2/c1-14-10-11-18(22-21-14)24-17-9-5-8-16(12-17)19(23)20-13-15-6-3-2-4-7-15/h2-12H,13H2,1H3,(H,20,23). The van der Waals surface area contributed by atoms with Crippen molar-refractivity contribution >= 4 is 5.91 Å². The number of ether oxygens (including phenoxy) is 1. The molecular weight excluding hydrogens is 302 g/mol. The summed E-state index contributed by atoms with van der Waals surface area (Å²) in [5, 5.41) is 10.8. The Morgan fingerprint density at radius 2 is 1.83 bits per heavy atom. The summed E-state index contributed by atoms with van der Waals surface area (Å²) in [5.74, 6) is 0.780. The first kappa shape index (κ1) is 15.7. The summed E-state index contributed by atoms with van der Waals surface area (Å²) in [4.78, 5) is 12.3. The van der Waals surface area contributed by atoms with Gasteiger partial charge in [0.15, 0.2) is 0 Å². The Hall–Kier alpha value is -3.21. The quantitative estimate of drug-likeness (QED) is 0.781. The van der Waals surface area contributed by atoms with Crippen LogP contribution in [0.4, 0.5) is 0 Å². The second-order valence-corrected chi connectivity index (χ2v) is 5.31. The fourth-order valence-electron chi connectivity index (χ4n) is 2.14. The number of rotatable bonds is 5. The molecule has 1 N–H and O–H groups in total. The van der Waals surface area contributed by atoms with Crippen molar-refractivity contribution in [1.82, 2.24) is 15.5 Å². The number of amides is 1. The summed E-state index contributed by atoms with van der Waals surface area (Å²) < 4.78 is 5.63. The predicted octanol–water partition coefficient (Wildman–Crippen LogP) is 3.51. The fourth-order valence-corrected chi connectivity index (χ4v) is 2.14. The molecule has 0 radical (unpaired) electrons. The van der Waals surface area contributed by atoms with E-state index in [1.165, 1.54) is 0 Å². The number of aromatic nitrogens is 2. The van der Waals surface area contributed by atoms with E-state index in [0.29, 0.717) is 23.7 Å². The molecule has 0 fully saturated rings. The first-order valence-corrected chi connectivity index (χ1v) is 7.61. The number of hydrogen-bond donors (Lipinski definition) is 1. The van der Waals surface area contributed by atoms with E-state index in [1.807, 2.05) is 43.3 Å². The van der Waals surface area contributed by atoms with Gasteiger partial charge in [0.05, 0.1) is 5.69 Å². The Morgan fingerprint density at radius 3 is 2.58 bits per heavy atom. The van der Waals surface area contributed by atoms with Crippen LogP contribution in [0.3, 0.4) is 0 Å². The van der Waals surface area contributed by atoms with Gasteiger partial charge >= 0.3 is 0 Å². The summed E-state index contributed by atoms with van der Waals surface area (Å²) in [6.07, 6.45) is 0. The number of aryl methyl sites for hydroxylation is 1. The number of carbonyl (C=O) groups is 1. The van der Waals surface area contributed by atoms with E-state index in [1.54, 1.807) is 30.3 Å². The Balaban J connectivity index is 1.65. The summed E-state index contributed by atoms with van der Waals surface area (Å²) in [5.41, 5.74) is 2.40. The average Bonchev–Trinajstić information content (AvgIpc) is 2.63. The predicted molar refractivity (Wildman–Crippen MR) is 90.9 cm³/mol. The molecule has 0 unspecified atom stereocenters. The minimum atomic E-state index is -0.153. The zero-order valence-electron chi connectivity index (χ0n) is 13.3. The van der Waals surface area contributed by atoms with Crippen LogP contribution in [0.1, 0.15) is 21.6 Å². The van der Waals surface area contributed by atoms with Gasteiger partial charge in [0.2, 0.25) is 5.88 Å². The third-order valence-corrected chi connectivity index (χ3v) is 3.39. The van der Waals surface area contributed by atoms with Crippen molar-refractivity contribution in [2.24, 2.45) is 0 Å². The number of nitrogens with zero attached hydrogens (tertiary/aromatic N) is 2. The van der Waals surface area contributed by atoms with Crippen molar-refractivity contribution in [3.63, 3.8) is 0 Å². The molecule has 1 amide bonds. The SMILES string of the molecule is Cc1ccc(Oc2cccc(C(=O)NCc3ccccc3)c2)nn1. The Labute approximate surface area is 140 Å². The number of benzene rings is 2. The molecule has 24 heavy (non-hydrogen) atoms. The second-order valence-electron chi connectivity index (χ2n) is 5.31. The third kappa shape index (κ3) is 4.16. The van der Waals surface area contributed by atoms with E-state index in [2.05, 4.69) is 15.5 Å². The van der Waals surface area contributed by atoms with Crippen LogP contribution < -0.4 is 10.1 Å². The number of carbonyl (C=O) groups excluding carboxylic acids is 1. The molecule has 0 atom stereocenters. The van der Waals surface area contributed by atoms with Crippen LogP contribution in [0.25, 0.3) is 0 Å². The minimum absolute atomic E-state index is 0.153. The fraction of sp³-hybridized carbons (Fsp3) is 0.105. The van der Waals surface area contributed by atoms with Crippen LogP contribution in [-0.2, 0) is 6.54 Å². The highest BCUT2D eigenvalue weighted by Gasteiger charge is 2.07. The molecule has 3 rings (SSSR count). The van der Waals surface area contributed by atoms with Crippen LogP contribution in [0.2, 0.25) is 0 Å². The Kier molecular flexibility index (Phi) is 4.81. The van der Waals surface area contributed by atoms with Crippen LogP contribution in [0.5, 0.6) is 11.6 Å².